The van der Waals surface area contributed by atoms with Crippen LogP contribution in [0.25, 0.3) is 5.69 Å². The molecule has 2 aromatic rings. The van der Waals surface area contributed by atoms with Crippen LogP contribution < -0.4 is 0 Å². The van der Waals surface area contributed by atoms with E-state index in [9.17, 15) is 9.90 Å². The van der Waals surface area contributed by atoms with Crippen LogP contribution in [-0.4, -0.2) is 38.8 Å². The van der Waals surface area contributed by atoms with Gasteiger partial charge in [0.25, 0.3) is 0 Å². The fraction of sp³-hybridized carbons (Fsp3) is 0.500. The molecule has 0 aliphatic heterocycles. The highest BCUT2D eigenvalue weighted by Crippen LogP contribution is 2.26. The van der Waals surface area contributed by atoms with E-state index in [2.05, 4.69) is 17.2 Å². The van der Waals surface area contributed by atoms with E-state index in [1.54, 1.807) is 0 Å². The van der Waals surface area contributed by atoms with Crippen LogP contribution >= 0.6 is 0 Å². The smallest absolute Gasteiger partial charge is 0.225 e. The maximum Gasteiger partial charge on any atom is 0.225 e. The van der Waals surface area contributed by atoms with Gasteiger partial charge in [-0.25, -0.2) is 4.68 Å². The first kappa shape index (κ1) is 17.7. The summed E-state index contributed by atoms with van der Waals surface area (Å²) in [5, 5.41) is 14.1. The fourth-order valence-electron chi connectivity index (χ4n) is 3.66. The zero-order valence-corrected chi connectivity index (χ0v) is 15.3. The second kappa shape index (κ2) is 7.40. The highest BCUT2D eigenvalue weighted by atomic mass is 16.3. The molecular weight excluding hydrogens is 314 g/mol. The maximum absolute atomic E-state index is 12.6. The van der Waals surface area contributed by atoms with Crippen LogP contribution in [0.3, 0.4) is 0 Å². The van der Waals surface area contributed by atoms with Gasteiger partial charge in [-0.15, -0.1) is 0 Å². The molecule has 1 aliphatic carbocycles. The van der Waals surface area contributed by atoms with Gasteiger partial charge in [0, 0.05) is 25.2 Å². The average molecular weight is 341 g/mol. The number of nitrogens with zero attached hydrogens (tertiary/aromatic N) is 3. The zero-order chi connectivity index (χ0) is 18.0. The summed E-state index contributed by atoms with van der Waals surface area (Å²) in [6.45, 7) is 4.62. The molecule has 0 saturated heterocycles. The van der Waals surface area contributed by atoms with E-state index in [1.165, 1.54) is 0 Å². The van der Waals surface area contributed by atoms with Crippen LogP contribution in [0.15, 0.2) is 30.3 Å². The Morgan fingerprint density at radius 2 is 1.96 bits per heavy atom. The minimum Gasteiger partial charge on any atom is -0.393 e. The van der Waals surface area contributed by atoms with E-state index in [-0.39, 0.29) is 17.9 Å². The van der Waals surface area contributed by atoms with Crippen LogP contribution in [-0.2, 0) is 11.3 Å². The lowest BCUT2D eigenvalue weighted by Gasteiger charge is -2.28. The van der Waals surface area contributed by atoms with Crippen LogP contribution in [0.4, 0.5) is 0 Å². The Morgan fingerprint density at radius 1 is 1.24 bits per heavy atom. The van der Waals surface area contributed by atoms with Gasteiger partial charge in [0.05, 0.1) is 17.5 Å². The van der Waals surface area contributed by atoms with Gasteiger partial charge in [-0.1, -0.05) is 12.1 Å². The fourth-order valence-corrected chi connectivity index (χ4v) is 3.66. The Kier molecular flexibility index (Phi) is 5.23. The second-order valence-electron chi connectivity index (χ2n) is 7.21. The predicted octanol–water partition coefficient (Wildman–Crippen LogP) is 3.00. The molecular formula is C20H27N3O2. The van der Waals surface area contributed by atoms with Gasteiger partial charge in [0.1, 0.15) is 0 Å². The highest BCUT2D eigenvalue weighted by Gasteiger charge is 2.27. The third-order valence-electron chi connectivity index (χ3n) is 5.01. The van der Waals surface area contributed by atoms with E-state index in [1.807, 2.05) is 48.7 Å². The summed E-state index contributed by atoms with van der Waals surface area (Å²) in [5.41, 5.74) is 4.20. The second-order valence-corrected chi connectivity index (χ2v) is 7.21. The summed E-state index contributed by atoms with van der Waals surface area (Å²) in [4.78, 5) is 14.5. The summed E-state index contributed by atoms with van der Waals surface area (Å²) in [7, 11) is 1.86. The molecule has 1 fully saturated rings. The Balaban J connectivity index is 1.69. The standard InChI is InChI=1S/C20H27N3O2/c1-14-11-15(2)23(21-14)18-6-4-5-16(12-18)13-22(3)20(25)17-7-9-19(24)10-8-17/h4-6,11-12,17,19,24H,7-10,13H2,1-3H3. The van der Waals surface area contributed by atoms with E-state index in [0.29, 0.717) is 6.54 Å². The van der Waals surface area contributed by atoms with Crippen LogP contribution in [0, 0.1) is 19.8 Å². The van der Waals surface area contributed by atoms with Gasteiger partial charge in [-0.05, 0) is 63.3 Å². The van der Waals surface area contributed by atoms with Gasteiger partial charge in [-0.2, -0.15) is 5.10 Å². The van der Waals surface area contributed by atoms with Crippen molar-refractivity contribution in [2.75, 3.05) is 7.05 Å². The van der Waals surface area contributed by atoms with Crippen molar-refractivity contribution >= 4 is 5.91 Å². The Bertz CT molecular complexity index is 745. The van der Waals surface area contributed by atoms with Crippen molar-refractivity contribution in [3.63, 3.8) is 0 Å². The van der Waals surface area contributed by atoms with E-state index in [0.717, 1.165) is 48.3 Å². The summed E-state index contributed by atoms with van der Waals surface area (Å²) in [6, 6.07) is 10.2. The number of aromatic nitrogens is 2. The minimum atomic E-state index is -0.230. The van der Waals surface area contributed by atoms with Crippen LogP contribution in [0.5, 0.6) is 0 Å². The summed E-state index contributed by atoms with van der Waals surface area (Å²) in [5.74, 6) is 0.232. The Labute approximate surface area is 149 Å². The number of amides is 1. The molecule has 0 bridgehead atoms. The zero-order valence-electron chi connectivity index (χ0n) is 15.3. The number of rotatable bonds is 4. The van der Waals surface area contributed by atoms with Crippen molar-refractivity contribution in [1.29, 1.82) is 0 Å². The Morgan fingerprint density at radius 3 is 2.60 bits per heavy atom. The third kappa shape index (κ3) is 4.10. The van der Waals surface area contributed by atoms with Crippen LogP contribution in [0.1, 0.15) is 42.6 Å². The Hall–Kier alpha value is -2.14. The van der Waals surface area contributed by atoms with Gasteiger partial charge >= 0.3 is 0 Å². The lowest BCUT2D eigenvalue weighted by atomic mass is 9.86. The lowest BCUT2D eigenvalue weighted by molar-refractivity contribution is -0.136. The van der Waals surface area contributed by atoms with Crippen molar-refractivity contribution in [3.8, 4) is 5.69 Å². The SMILES string of the molecule is Cc1cc(C)n(-c2cccc(CN(C)C(=O)C3CCC(O)CC3)c2)n1. The molecule has 1 amide bonds. The first-order valence-corrected chi connectivity index (χ1v) is 8.99. The number of carbonyl (C=O) groups excluding carboxylic acids is 1. The minimum absolute atomic E-state index is 0.0487. The number of aliphatic hydroxyl groups excluding tert-OH is 1. The molecule has 134 valence electrons. The third-order valence-corrected chi connectivity index (χ3v) is 5.01. The number of carbonyl (C=O) groups is 1. The summed E-state index contributed by atoms with van der Waals surface area (Å²) < 4.78 is 1.93. The van der Waals surface area contributed by atoms with Gasteiger partial charge in [0.15, 0.2) is 0 Å². The highest BCUT2D eigenvalue weighted by molar-refractivity contribution is 5.78. The summed E-state index contributed by atoms with van der Waals surface area (Å²) in [6.07, 6.45) is 2.81. The van der Waals surface area contributed by atoms with Crippen molar-refractivity contribution in [2.45, 2.75) is 52.2 Å². The molecule has 1 aliphatic rings. The number of benzene rings is 1. The molecule has 1 aromatic heterocycles. The monoisotopic (exact) mass is 341 g/mol. The molecule has 5 heteroatoms. The molecule has 1 aromatic carbocycles. The first-order valence-electron chi connectivity index (χ1n) is 8.99. The molecule has 25 heavy (non-hydrogen) atoms. The molecule has 0 spiro atoms. The molecule has 5 nitrogen and oxygen atoms in total. The van der Waals surface area contributed by atoms with E-state index < -0.39 is 0 Å². The summed E-state index contributed by atoms with van der Waals surface area (Å²) >= 11 is 0. The number of aliphatic hydroxyl groups is 1. The van der Waals surface area contributed by atoms with Crippen molar-refractivity contribution in [1.82, 2.24) is 14.7 Å². The predicted molar refractivity (Wildman–Crippen MR) is 97.5 cm³/mol. The normalized spacial score (nSPS) is 20.5. The number of hydrogen-bond donors (Lipinski definition) is 1. The quantitative estimate of drug-likeness (QED) is 0.930. The molecule has 1 heterocycles. The average Bonchev–Trinajstić information content (AvgIpc) is 2.93. The number of hydrogen-bond acceptors (Lipinski definition) is 3. The molecule has 0 atom stereocenters. The van der Waals surface area contributed by atoms with Gasteiger partial charge < -0.3 is 10.0 Å². The molecule has 0 radical (unpaired) electrons. The van der Waals surface area contributed by atoms with Gasteiger partial charge in [0.2, 0.25) is 5.91 Å². The van der Waals surface area contributed by atoms with Gasteiger partial charge in [-0.3, -0.25) is 4.79 Å². The maximum atomic E-state index is 12.6. The molecule has 0 unspecified atom stereocenters. The van der Waals surface area contributed by atoms with Crippen molar-refractivity contribution < 1.29 is 9.90 Å². The first-order chi connectivity index (χ1) is 11.9. The topological polar surface area (TPSA) is 58.4 Å². The van der Waals surface area contributed by atoms with Crippen molar-refractivity contribution in [2.24, 2.45) is 5.92 Å². The molecule has 3 rings (SSSR count). The van der Waals surface area contributed by atoms with Crippen LogP contribution in [0.2, 0.25) is 0 Å². The van der Waals surface area contributed by atoms with E-state index >= 15 is 0 Å². The largest absolute Gasteiger partial charge is 0.393 e. The van der Waals surface area contributed by atoms with Crippen molar-refractivity contribution in [3.05, 3.63) is 47.3 Å². The van der Waals surface area contributed by atoms with E-state index in [4.69, 9.17) is 0 Å². The molecule has 1 saturated carbocycles. The lowest BCUT2D eigenvalue weighted by Crippen LogP contribution is -2.35. The number of aryl methyl sites for hydroxylation is 2. The molecule has 1 N–H and O–H groups in total.